The number of amides is 1. The zero-order valence-corrected chi connectivity index (χ0v) is 13.1. The zero-order valence-electron chi connectivity index (χ0n) is 13.1. The van der Waals surface area contributed by atoms with E-state index in [9.17, 15) is 9.18 Å². The Morgan fingerprint density at radius 2 is 1.67 bits per heavy atom. The maximum atomic E-state index is 13.8. The predicted octanol–water partition coefficient (Wildman–Crippen LogP) is 5.18. The number of carbonyl (C=O) groups is 1. The van der Waals surface area contributed by atoms with Crippen LogP contribution in [-0.4, -0.2) is 5.91 Å². The van der Waals surface area contributed by atoms with Crippen molar-refractivity contribution < 1.29 is 13.9 Å². The molecule has 4 heteroatoms. The SMILES string of the molecule is Cc1ccc(F)c(NC(=O)c2cccc(Oc3ccccc3)c2)c1. The number of ether oxygens (including phenoxy) is 1. The molecule has 0 aromatic heterocycles. The van der Waals surface area contributed by atoms with E-state index in [2.05, 4.69) is 5.32 Å². The second kappa shape index (κ2) is 6.96. The lowest BCUT2D eigenvalue weighted by Gasteiger charge is -2.09. The van der Waals surface area contributed by atoms with Gasteiger partial charge in [0.1, 0.15) is 17.3 Å². The van der Waals surface area contributed by atoms with Crippen molar-refractivity contribution in [3.63, 3.8) is 0 Å². The summed E-state index contributed by atoms with van der Waals surface area (Å²) in [5.41, 5.74) is 1.42. The third kappa shape index (κ3) is 3.79. The highest BCUT2D eigenvalue weighted by atomic mass is 19.1. The van der Waals surface area contributed by atoms with Gasteiger partial charge in [0.05, 0.1) is 5.69 Å². The van der Waals surface area contributed by atoms with Gasteiger partial charge in [-0.05, 0) is 55.0 Å². The zero-order chi connectivity index (χ0) is 16.9. The Morgan fingerprint density at radius 3 is 2.46 bits per heavy atom. The molecule has 0 saturated heterocycles. The molecule has 0 radical (unpaired) electrons. The maximum absolute atomic E-state index is 13.8. The molecule has 0 fully saturated rings. The summed E-state index contributed by atoms with van der Waals surface area (Å²) in [6.07, 6.45) is 0. The number of rotatable bonds is 4. The highest BCUT2D eigenvalue weighted by molar-refractivity contribution is 6.04. The number of hydrogen-bond donors (Lipinski definition) is 1. The minimum absolute atomic E-state index is 0.161. The lowest BCUT2D eigenvalue weighted by molar-refractivity contribution is 0.102. The van der Waals surface area contributed by atoms with E-state index in [1.165, 1.54) is 6.07 Å². The van der Waals surface area contributed by atoms with Crippen LogP contribution in [0.4, 0.5) is 10.1 Å². The first-order chi connectivity index (χ1) is 11.6. The fraction of sp³-hybridized carbons (Fsp3) is 0.0500. The summed E-state index contributed by atoms with van der Waals surface area (Å²) in [7, 11) is 0. The second-order valence-corrected chi connectivity index (χ2v) is 5.38. The van der Waals surface area contributed by atoms with Gasteiger partial charge in [0, 0.05) is 5.56 Å². The molecule has 0 spiro atoms. The van der Waals surface area contributed by atoms with Gasteiger partial charge in [0.15, 0.2) is 0 Å². The number of aryl methyl sites for hydroxylation is 1. The van der Waals surface area contributed by atoms with Gasteiger partial charge in [0.25, 0.3) is 5.91 Å². The molecule has 0 aliphatic heterocycles. The molecule has 0 bridgehead atoms. The van der Waals surface area contributed by atoms with E-state index in [1.807, 2.05) is 37.3 Å². The molecular formula is C20H16FNO2. The number of nitrogens with one attached hydrogen (secondary N) is 1. The average molecular weight is 321 g/mol. The number of anilines is 1. The van der Waals surface area contributed by atoms with Crippen molar-refractivity contribution in [3.05, 3.63) is 89.7 Å². The van der Waals surface area contributed by atoms with Gasteiger partial charge in [0.2, 0.25) is 0 Å². The summed E-state index contributed by atoms with van der Waals surface area (Å²) in [5, 5.41) is 2.59. The summed E-state index contributed by atoms with van der Waals surface area (Å²) in [6, 6.07) is 20.6. The molecule has 3 aromatic carbocycles. The molecule has 0 atom stereocenters. The number of carbonyl (C=O) groups excluding carboxylic acids is 1. The van der Waals surface area contributed by atoms with Gasteiger partial charge in [-0.2, -0.15) is 0 Å². The molecular weight excluding hydrogens is 305 g/mol. The molecule has 0 saturated carbocycles. The molecule has 24 heavy (non-hydrogen) atoms. The minimum atomic E-state index is -0.467. The lowest BCUT2D eigenvalue weighted by Crippen LogP contribution is -2.13. The Hall–Kier alpha value is -3.14. The van der Waals surface area contributed by atoms with Crippen LogP contribution in [0.1, 0.15) is 15.9 Å². The highest BCUT2D eigenvalue weighted by Gasteiger charge is 2.10. The van der Waals surface area contributed by atoms with Crippen molar-refractivity contribution in [1.82, 2.24) is 0 Å². The van der Waals surface area contributed by atoms with Crippen LogP contribution < -0.4 is 10.1 Å². The van der Waals surface area contributed by atoms with Gasteiger partial charge >= 0.3 is 0 Å². The fourth-order valence-corrected chi connectivity index (χ4v) is 2.25. The first kappa shape index (κ1) is 15.7. The van der Waals surface area contributed by atoms with Crippen molar-refractivity contribution in [3.8, 4) is 11.5 Å². The number of para-hydroxylation sites is 1. The van der Waals surface area contributed by atoms with Crippen molar-refractivity contribution in [2.45, 2.75) is 6.92 Å². The van der Waals surface area contributed by atoms with Crippen LogP contribution in [-0.2, 0) is 0 Å². The molecule has 3 aromatic rings. The van der Waals surface area contributed by atoms with Gasteiger partial charge < -0.3 is 10.1 Å². The summed E-state index contributed by atoms with van der Waals surface area (Å²) in [5.74, 6) is 0.363. The Kier molecular flexibility index (Phi) is 4.57. The average Bonchev–Trinajstić information content (AvgIpc) is 2.59. The van der Waals surface area contributed by atoms with Crippen LogP contribution >= 0.6 is 0 Å². The second-order valence-electron chi connectivity index (χ2n) is 5.38. The Bertz CT molecular complexity index is 863. The van der Waals surface area contributed by atoms with Crippen LogP contribution in [0, 0.1) is 12.7 Å². The first-order valence-corrected chi connectivity index (χ1v) is 7.52. The summed E-state index contributed by atoms with van der Waals surface area (Å²) in [4.78, 5) is 12.3. The standard InChI is InChI=1S/C20H16FNO2/c1-14-10-11-18(21)19(12-14)22-20(23)15-6-5-9-17(13-15)24-16-7-3-2-4-8-16/h2-13H,1H3,(H,22,23). The molecule has 1 N–H and O–H groups in total. The maximum Gasteiger partial charge on any atom is 0.255 e. The topological polar surface area (TPSA) is 38.3 Å². The molecule has 0 aliphatic carbocycles. The fourth-order valence-electron chi connectivity index (χ4n) is 2.25. The monoisotopic (exact) mass is 321 g/mol. The Labute approximate surface area is 139 Å². The Morgan fingerprint density at radius 1 is 0.917 bits per heavy atom. The summed E-state index contributed by atoms with van der Waals surface area (Å²) >= 11 is 0. The molecule has 3 nitrogen and oxygen atoms in total. The van der Waals surface area contributed by atoms with Crippen molar-refractivity contribution in [2.75, 3.05) is 5.32 Å². The van der Waals surface area contributed by atoms with Crippen LogP contribution in [0.2, 0.25) is 0 Å². The van der Waals surface area contributed by atoms with Gasteiger partial charge in [-0.3, -0.25) is 4.79 Å². The number of hydrogen-bond acceptors (Lipinski definition) is 2. The van der Waals surface area contributed by atoms with E-state index in [1.54, 1.807) is 36.4 Å². The van der Waals surface area contributed by atoms with Gasteiger partial charge in [-0.25, -0.2) is 4.39 Å². The summed E-state index contributed by atoms with van der Waals surface area (Å²) < 4.78 is 19.5. The third-order valence-electron chi connectivity index (χ3n) is 3.45. The Balaban J connectivity index is 1.78. The molecule has 0 unspecified atom stereocenters. The normalized spacial score (nSPS) is 10.2. The van der Waals surface area contributed by atoms with Crippen LogP contribution in [0.3, 0.4) is 0 Å². The van der Waals surface area contributed by atoms with E-state index >= 15 is 0 Å². The van der Waals surface area contributed by atoms with Crippen LogP contribution in [0.25, 0.3) is 0 Å². The predicted molar refractivity (Wildman–Crippen MR) is 92.0 cm³/mol. The number of halogens is 1. The van der Waals surface area contributed by atoms with Gasteiger partial charge in [-0.1, -0.05) is 30.3 Å². The van der Waals surface area contributed by atoms with E-state index in [4.69, 9.17) is 4.74 Å². The molecule has 120 valence electrons. The van der Waals surface area contributed by atoms with Crippen LogP contribution in [0.5, 0.6) is 11.5 Å². The quantitative estimate of drug-likeness (QED) is 0.719. The molecule has 3 rings (SSSR count). The van der Waals surface area contributed by atoms with E-state index in [-0.39, 0.29) is 5.69 Å². The van der Waals surface area contributed by atoms with E-state index < -0.39 is 11.7 Å². The number of benzene rings is 3. The molecule has 1 amide bonds. The lowest BCUT2D eigenvalue weighted by atomic mass is 10.1. The van der Waals surface area contributed by atoms with Crippen LogP contribution in [0.15, 0.2) is 72.8 Å². The highest BCUT2D eigenvalue weighted by Crippen LogP contribution is 2.23. The van der Waals surface area contributed by atoms with Crippen molar-refractivity contribution >= 4 is 11.6 Å². The minimum Gasteiger partial charge on any atom is -0.457 e. The van der Waals surface area contributed by atoms with E-state index in [0.717, 1.165) is 5.56 Å². The smallest absolute Gasteiger partial charge is 0.255 e. The third-order valence-corrected chi connectivity index (χ3v) is 3.45. The van der Waals surface area contributed by atoms with Gasteiger partial charge in [-0.15, -0.1) is 0 Å². The van der Waals surface area contributed by atoms with Crippen molar-refractivity contribution in [1.29, 1.82) is 0 Å². The van der Waals surface area contributed by atoms with E-state index in [0.29, 0.717) is 17.1 Å². The molecule has 0 heterocycles. The molecule has 0 aliphatic rings. The first-order valence-electron chi connectivity index (χ1n) is 7.52. The van der Waals surface area contributed by atoms with Crippen molar-refractivity contribution in [2.24, 2.45) is 0 Å². The largest absolute Gasteiger partial charge is 0.457 e. The summed E-state index contributed by atoms with van der Waals surface area (Å²) in [6.45, 7) is 1.84.